The van der Waals surface area contributed by atoms with Crippen molar-refractivity contribution in [2.75, 3.05) is 5.32 Å². The normalized spacial score (nSPS) is 11.8. The van der Waals surface area contributed by atoms with Gasteiger partial charge < -0.3 is 10.4 Å². The van der Waals surface area contributed by atoms with Gasteiger partial charge in [-0.05, 0) is 55.7 Å². The first-order valence-corrected chi connectivity index (χ1v) is 11.0. The molecular formula is C23H21N7O2S. The lowest BCUT2D eigenvalue weighted by Crippen LogP contribution is -2.23. The van der Waals surface area contributed by atoms with Crippen LogP contribution in [0.15, 0.2) is 66.2 Å². The number of allylic oxidation sites excluding steroid dienone is 1. The average molecular weight is 460 g/mol. The molecule has 0 bridgehead atoms. The summed E-state index contributed by atoms with van der Waals surface area (Å²) in [5.41, 5.74) is 0.295. The Hall–Kier alpha value is -3.89. The van der Waals surface area contributed by atoms with Gasteiger partial charge in [-0.2, -0.15) is 9.36 Å². The second kappa shape index (κ2) is 7.91. The predicted molar refractivity (Wildman–Crippen MR) is 129 cm³/mol. The summed E-state index contributed by atoms with van der Waals surface area (Å²) in [4.78, 5) is 26.7. The number of pyridine rings is 1. The number of aliphatic hydroxyl groups is 1. The van der Waals surface area contributed by atoms with E-state index in [-0.39, 0.29) is 12.1 Å². The highest BCUT2D eigenvalue weighted by Gasteiger charge is 2.21. The van der Waals surface area contributed by atoms with Gasteiger partial charge >= 0.3 is 0 Å². The number of hydrogen-bond donors (Lipinski definition) is 2. The monoisotopic (exact) mass is 459 g/mol. The van der Waals surface area contributed by atoms with E-state index in [0.717, 1.165) is 15.8 Å². The molecule has 1 aromatic carbocycles. The van der Waals surface area contributed by atoms with Crippen molar-refractivity contribution in [3.8, 4) is 5.82 Å². The van der Waals surface area contributed by atoms with E-state index in [9.17, 15) is 9.90 Å². The molecule has 4 heterocycles. The maximum atomic E-state index is 13.1. The summed E-state index contributed by atoms with van der Waals surface area (Å²) in [6.45, 7) is 7.35. The minimum absolute atomic E-state index is 0.252. The Labute approximate surface area is 192 Å². The molecule has 5 rings (SSSR count). The quantitative estimate of drug-likeness (QED) is 0.372. The standard InChI is InChI=1S/C23H21N7O2S/c1-4-10-29-21(31)16-13-24-22(26-15-8-9-17-14(11-15)12-25-33-17)28-20(16)30(29)19-7-5-6-18(27-19)23(2,3)32/h4-9,11-13,32H,1,10H2,2-3H3,(H,24,26,28). The fourth-order valence-electron chi connectivity index (χ4n) is 3.57. The van der Waals surface area contributed by atoms with Crippen LogP contribution in [0.2, 0.25) is 0 Å². The van der Waals surface area contributed by atoms with Gasteiger partial charge in [0.1, 0.15) is 11.0 Å². The van der Waals surface area contributed by atoms with Crippen LogP contribution in [0.5, 0.6) is 0 Å². The third-order valence-corrected chi connectivity index (χ3v) is 5.94. The van der Waals surface area contributed by atoms with Crippen LogP contribution in [0.1, 0.15) is 19.5 Å². The van der Waals surface area contributed by atoms with Crippen molar-refractivity contribution in [3.05, 3.63) is 77.5 Å². The fourth-order valence-corrected chi connectivity index (χ4v) is 4.20. The van der Waals surface area contributed by atoms with E-state index in [0.29, 0.717) is 28.5 Å². The molecular weight excluding hydrogens is 438 g/mol. The number of rotatable bonds is 6. The maximum absolute atomic E-state index is 13.1. The Kier molecular flexibility index (Phi) is 5.03. The van der Waals surface area contributed by atoms with Gasteiger partial charge in [-0.25, -0.2) is 19.3 Å². The molecule has 2 N–H and O–H groups in total. The Balaban J connectivity index is 1.66. The third kappa shape index (κ3) is 3.79. The zero-order chi connectivity index (χ0) is 23.2. The van der Waals surface area contributed by atoms with Gasteiger partial charge in [-0.1, -0.05) is 12.1 Å². The molecule has 4 aromatic heterocycles. The summed E-state index contributed by atoms with van der Waals surface area (Å²) in [6, 6.07) is 11.2. The summed E-state index contributed by atoms with van der Waals surface area (Å²) in [5, 5.41) is 15.0. The van der Waals surface area contributed by atoms with Gasteiger partial charge in [0.05, 0.1) is 16.9 Å². The number of aromatic nitrogens is 6. The van der Waals surface area contributed by atoms with E-state index in [4.69, 9.17) is 0 Å². The molecule has 0 aliphatic heterocycles. The summed E-state index contributed by atoms with van der Waals surface area (Å²) in [7, 11) is 0. The van der Waals surface area contributed by atoms with Gasteiger partial charge in [-0.3, -0.25) is 4.79 Å². The highest BCUT2D eigenvalue weighted by atomic mass is 32.1. The van der Waals surface area contributed by atoms with Crippen LogP contribution in [0.4, 0.5) is 11.6 Å². The molecule has 5 aromatic rings. The largest absolute Gasteiger partial charge is 0.384 e. The Morgan fingerprint density at radius 1 is 1.21 bits per heavy atom. The van der Waals surface area contributed by atoms with Crippen LogP contribution in [0.25, 0.3) is 26.9 Å². The second-order valence-electron chi connectivity index (χ2n) is 8.06. The van der Waals surface area contributed by atoms with E-state index in [2.05, 4.69) is 31.2 Å². The van der Waals surface area contributed by atoms with Crippen molar-refractivity contribution in [1.82, 2.24) is 28.7 Å². The number of fused-ring (bicyclic) bond motifs is 2. The molecule has 0 spiro atoms. The van der Waals surface area contributed by atoms with Crippen molar-refractivity contribution in [2.45, 2.75) is 26.0 Å². The molecule has 0 amide bonds. The van der Waals surface area contributed by atoms with Crippen LogP contribution < -0.4 is 10.9 Å². The SMILES string of the molecule is C=CCn1c(=O)c2cnc(Nc3ccc4sncc4c3)nc2n1-c1cccc(C(C)(C)O)n1. The van der Waals surface area contributed by atoms with E-state index in [1.165, 1.54) is 22.4 Å². The van der Waals surface area contributed by atoms with E-state index >= 15 is 0 Å². The minimum Gasteiger partial charge on any atom is -0.384 e. The van der Waals surface area contributed by atoms with Crippen molar-refractivity contribution < 1.29 is 5.11 Å². The lowest BCUT2D eigenvalue weighted by atomic mass is 10.1. The van der Waals surface area contributed by atoms with Gasteiger partial charge in [0, 0.05) is 23.5 Å². The molecule has 0 atom stereocenters. The van der Waals surface area contributed by atoms with Gasteiger partial charge in [0.2, 0.25) is 5.95 Å². The first-order valence-electron chi connectivity index (χ1n) is 10.3. The average Bonchev–Trinajstić information content (AvgIpc) is 3.36. The molecule has 0 saturated carbocycles. The van der Waals surface area contributed by atoms with Gasteiger partial charge in [0.15, 0.2) is 11.5 Å². The lowest BCUT2D eigenvalue weighted by Gasteiger charge is -2.18. The molecule has 0 saturated heterocycles. The van der Waals surface area contributed by atoms with Crippen LogP contribution in [-0.2, 0) is 12.1 Å². The van der Waals surface area contributed by atoms with Crippen molar-refractivity contribution in [1.29, 1.82) is 0 Å². The first kappa shape index (κ1) is 21.0. The lowest BCUT2D eigenvalue weighted by molar-refractivity contribution is 0.0738. The Bertz CT molecular complexity index is 1560. The van der Waals surface area contributed by atoms with Crippen LogP contribution in [-0.4, -0.2) is 33.8 Å². The van der Waals surface area contributed by atoms with E-state index < -0.39 is 5.60 Å². The Morgan fingerprint density at radius 3 is 2.85 bits per heavy atom. The second-order valence-corrected chi connectivity index (χ2v) is 8.90. The third-order valence-electron chi connectivity index (χ3n) is 5.16. The zero-order valence-corrected chi connectivity index (χ0v) is 18.9. The summed E-state index contributed by atoms with van der Waals surface area (Å²) in [6.07, 6.45) is 4.95. The van der Waals surface area contributed by atoms with Gasteiger partial charge in [0.25, 0.3) is 5.56 Å². The molecule has 33 heavy (non-hydrogen) atoms. The van der Waals surface area contributed by atoms with E-state index in [1.54, 1.807) is 42.8 Å². The van der Waals surface area contributed by atoms with Crippen molar-refractivity contribution in [2.24, 2.45) is 0 Å². The summed E-state index contributed by atoms with van der Waals surface area (Å²) >= 11 is 1.43. The highest BCUT2D eigenvalue weighted by Crippen LogP contribution is 2.25. The fraction of sp³-hybridized carbons (Fsp3) is 0.174. The number of hydrogen-bond acceptors (Lipinski definition) is 8. The number of anilines is 2. The molecule has 0 aliphatic carbocycles. The molecule has 0 aliphatic rings. The van der Waals surface area contributed by atoms with Crippen LogP contribution in [0, 0.1) is 0 Å². The summed E-state index contributed by atoms with van der Waals surface area (Å²) in [5.74, 6) is 0.798. The molecule has 0 unspecified atom stereocenters. The molecule has 0 fully saturated rings. The molecule has 166 valence electrons. The van der Waals surface area contributed by atoms with Crippen molar-refractivity contribution in [3.63, 3.8) is 0 Å². The van der Waals surface area contributed by atoms with Crippen LogP contribution >= 0.6 is 11.5 Å². The minimum atomic E-state index is -1.14. The summed E-state index contributed by atoms with van der Waals surface area (Å²) < 4.78 is 8.41. The number of nitrogens with one attached hydrogen (secondary N) is 1. The molecule has 9 nitrogen and oxygen atoms in total. The number of nitrogens with zero attached hydrogens (tertiary/aromatic N) is 6. The van der Waals surface area contributed by atoms with Gasteiger partial charge in [-0.15, -0.1) is 6.58 Å². The number of benzene rings is 1. The predicted octanol–water partition coefficient (Wildman–Crippen LogP) is 3.74. The first-order chi connectivity index (χ1) is 15.8. The smallest absolute Gasteiger partial charge is 0.278 e. The zero-order valence-electron chi connectivity index (χ0n) is 18.1. The van der Waals surface area contributed by atoms with E-state index in [1.807, 2.05) is 24.4 Å². The topological polar surface area (TPSA) is 111 Å². The van der Waals surface area contributed by atoms with Crippen molar-refractivity contribution >= 4 is 44.3 Å². The molecule has 10 heteroatoms. The van der Waals surface area contributed by atoms with Crippen LogP contribution in [0.3, 0.4) is 0 Å². The highest BCUT2D eigenvalue weighted by molar-refractivity contribution is 7.13. The molecule has 0 radical (unpaired) electrons. The Morgan fingerprint density at radius 2 is 2.06 bits per heavy atom. The maximum Gasteiger partial charge on any atom is 0.278 e.